The van der Waals surface area contributed by atoms with Crippen LogP contribution in [-0.2, 0) is 0 Å². The summed E-state index contributed by atoms with van der Waals surface area (Å²) >= 11 is 5.48. The van der Waals surface area contributed by atoms with Crippen LogP contribution < -0.4 is 5.32 Å². The molecule has 0 aliphatic heterocycles. The van der Waals surface area contributed by atoms with Gasteiger partial charge in [0.15, 0.2) is 0 Å². The van der Waals surface area contributed by atoms with Crippen molar-refractivity contribution in [2.45, 2.75) is 25.3 Å². The normalized spacial score (nSPS) is 33.0. The Kier molecular flexibility index (Phi) is 2.77. The van der Waals surface area contributed by atoms with Crippen LogP contribution in [0.25, 0.3) is 0 Å². The van der Waals surface area contributed by atoms with Crippen LogP contribution in [0, 0.1) is 5.92 Å². The zero-order valence-corrected chi connectivity index (χ0v) is 10.3. The van der Waals surface area contributed by atoms with Gasteiger partial charge in [-0.1, -0.05) is 6.92 Å². The van der Waals surface area contributed by atoms with Gasteiger partial charge in [0.2, 0.25) is 0 Å². The quantitative estimate of drug-likeness (QED) is 0.860. The fourth-order valence-corrected chi connectivity index (χ4v) is 3.98. The topological polar surface area (TPSA) is 12.0 Å². The molecule has 0 radical (unpaired) electrons. The van der Waals surface area contributed by atoms with Crippen LogP contribution in [0.4, 0.5) is 0 Å². The molecule has 1 nitrogen and oxygen atoms in total. The van der Waals surface area contributed by atoms with Crippen LogP contribution in [0.15, 0.2) is 15.9 Å². The lowest BCUT2D eigenvalue weighted by molar-refractivity contribution is 0.196. The first-order chi connectivity index (χ1) is 6.24. The second kappa shape index (κ2) is 3.71. The number of hydrogen-bond acceptors (Lipinski definition) is 2. The molecule has 0 saturated heterocycles. The molecule has 2 rings (SSSR count). The fraction of sp³-hybridized carbons (Fsp3) is 0.600. The van der Waals surface area contributed by atoms with Crippen molar-refractivity contribution < 1.29 is 0 Å². The Morgan fingerprint density at radius 3 is 2.85 bits per heavy atom. The Morgan fingerprint density at radius 2 is 2.38 bits per heavy atom. The second-order valence-corrected chi connectivity index (χ2v) is 5.53. The van der Waals surface area contributed by atoms with Crippen molar-refractivity contribution in [1.29, 1.82) is 0 Å². The predicted octanol–water partition coefficient (Wildman–Crippen LogP) is 3.22. The molecule has 0 spiro atoms. The average Bonchev–Trinajstić information content (AvgIpc) is 2.51. The first-order valence-electron chi connectivity index (χ1n) is 4.64. The average molecular weight is 260 g/mol. The summed E-state index contributed by atoms with van der Waals surface area (Å²) in [6.45, 7) is 2.33. The van der Waals surface area contributed by atoms with E-state index in [9.17, 15) is 0 Å². The Balaban J connectivity index is 2.10. The zero-order chi connectivity index (χ0) is 9.42. The molecule has 3 heteroatoms. The van der Waals surface area contributed by atoms with Gasteiger partial charge in [-0.2, -0.15) is 0 Å². The molecule has 3 atom stereocenters. The molecule has 0 aromatic carbocycles. The Labute approximate surface area is 91.7 Å². The Hall–Kier alpha value is 0.140. The monoisotopic (exact) mass is 259 g/mol. The van der Waals surface area contributed by atoms with Crippen LogP contribution in [0.3, 0.4) is 0 Å². The third-order valence-electron chi connectivity index (χ3n) is 3.13. The maximum absolute atomic E-state index is 3.60. The molecule has 1 aliphatic rings. The van der Waals surface area contributed by atoms with Crippen LogP contribution in [0.1, 0.15) is 24.1 Å². The molecule has 0 amide bonds. The van der Waals surface area contributed by atoms with E-state index >= 15 is 0 Å². The summed E-state index contributed by atoms with van der Waals surface area (Å²) in [6, 6.07) is 2.87. The van der Waals surface area contributed by atoms with Crippen molar-refractivity contribution in [3.63, 3.8) is 0 Å². The minimum absolute atomic E-state index is 0.721. The summed E-state index contributed by atoms with van der Waals surface area (Å²) in [4.78, 5) is 1.53. The smallest absolute Gasteiger partial charge is 0.0317 e. The van der Waals surface area contributed by atoms with Crippen molar-refractivity contribution in [3.8, 4) is 0 Å². The van der Waals surface area contributed by atoms with Gasteiger partial charge < -0.3 is 5.32 Å². The molecule has 1 aliphatic carbocycles. The van der Waals surface area contributed by atoms with Gasteiger partial charge in [0.25, 0.3) is 0 Å². The largest absolute Gasteiger partial charge is 0.317 e. The summed E-state index contributed by atoms with van der Waals surface area (Å²) in [5, 5.41) is 5.52. The van der Waals surface area contributed by atoms with E-state index in [1.807, 2.05) is 11.3 Å². The number of thiophene rings is 1. The van der Waals surface area contributed by atoms with Crippen molar-refractivity contribution in [1.82, 2.24) is 5.32 Å². The highest BCUT2D eigenvalue weighted by molar-refractivity contribution is 9.10. The maximum Gasteiger partial charge on any atom is 0.0317 e. The van der Waals surface area contributed by atoms with Crippen LogP contribution in [0.5, 0.6) is 0 Å². The molecule has 1 aromatic heterocycles. The first-order valence-corrected chi connectivity index (χ1v) is 6.31. The summed E-state index contributed by atoms with van der Waals surface area (Å²) in [5.74, 6) is 1.55. The van der Waals surface area contributed by atoms with Gasteiger partial charge in [0.05, 0.1) is 0 Å². The SMILES string of the molecule is CNC1CC(c2sccc2Br)C1C. The standard InChI is InChI=1S/C10H14BrNS/c1-6-7(5-9(6)12-2)10-8(11)3-4-13-10/h3-4,6-7,9,12H,5H2,1-2H3. The summed E-state index contributed by atoms with van der Waals surface area (Å²) in [6.07, 6.45) is 1.29. The molecular weight excluding hydrogens is 246 g/mol. The first kappa shape index (κ1) is 9.69. The third-order valence-corrected chi connectivity index (χ3v) is 5.13. The van der Waals surface area contributed by atoms with E-state index in [1.165, 1.54) is 15.8 Å². The highest BCUT2D eigenvalue weighted by Crippen LogP contribution is 2.46. The number of rotatable bonds is 2. The highest BCUT2D eigenvalue weighted by atomic mass is 79.9. The lowest BCUT2D eigenvalue weighted by Gasteiger charge is -2.42. The Bertz CT molecular complexity index is 297. The van der Waals surface area contributed by atoms with E-state index < -0.39 is 0 Å². The van der Waals surface area contributed by atoms with Crippen molar-refractivity contribution in [2.24, 2.45) is 5.92 Å². The van der Waals surface area contributed by atoms with E-state index in [2.05, 4.69) is 46.7 Å². The molecule has 13 heavy (non-hydrogen) atoms. The predicted molar refractivity (Wildman–Crippen MR) is 61.4 cm³/mol. The molecule has 1 heterocycles. The van der Waals surface area contributed by atoms with Gasteiger partial charge in [-0.3, -0.25) is 0 Å². The van der Waals surface area contributed by atoms with Gasteiger partial charge in [-0.25, -0.2) is 0 Å². The molecule has 1 fully saturated rings. The molecule has 1 aromatic rings. The second-order valence-electron chi connectivity index (χ2n) is 3.73. The molecule has 3 unspecified atom stereocenters. The van der Waals surface area contributed by atoms with Crippen molar-refractivity contribution in [2.75, 3.05) is 7.05 Å². The van der Waals surface area contributed by atoms with E-state index in [-0.39, 0.29) is 0 Å². The lowest BCUT2D eigenvalue weighted by Crippen LogP contribution is -2.45. The van der Waals surface area contributed by atoms with E-state index in [4.69, 9.17) is 0 Å². The molecule has 1 saturated carbocycles. The van der Waals surface area contributed by atoms with Gasteiger partial charge in [0, 0.05) is 15.4 Å². The number of nitrogens with one attached hydrogen (secondary N) is 1. The van der Waals surface area contributed by atoms with Crippen LogP contribution >= 0.6 is 27.3 Å². The van der Waals surface area contributed by atoms with Gasteiger partial charge in [-0.05, 0) is 52.7 Å². The summed E-state index contributed by atoms with van der Waals surface area (Å²) in [5.41, 5.74) is 0. The van der Waals surface area contributed by atoms with Crippen LogP contribution in [-0.4, -0.2) is 13.1 Å². The molecule has 1 N–H and O–H groups in total. The number of hydrogen-bond donors (Lipinski definition) is 1. The van der Waals surface area contributed by atoms with Crippen molar-refractivity contribution >= 4 is 27.3 Å². The van der Waals surface area contributed by atoms with Gasteiger partial charge >= 0.3 is 0 Å². The minimum Gasteiger partial charge on any atom is -0.317 e. The fourth-order valence-electron chi connectivity index (χ4n) is 2.08. The third kappa shape index (κ3) is 1.58. The number of halogens is 1. The van der Waals surface area contributed by atoms with Gasteiger partial charge in [0.1, 0.15) is 0 Å². The summed E-state index contributed by atoms with van der Waals surface area (Å²) in [7, 11) is 2.06. The van der Waals surface area contributed by atoms with E-state index in [1.54, 1.807) is 0 Å². The maximum atomic E-state index is 3.60. The highest BCUT2D eigenvalue weighted by Gasteiger charge is 2.38. The molecule has 0 bridgehead atoms. The summed E-state index contributed by atoms with van der Waals surface area (Å²) < 4.78 is 1.30. The minimum atomic E-state index is 0.721. The van der Waals surface area contributed by atoms with Gasteiger partial charge in [-0.15, -0.1) is 11.3 Å². The lowest BCUT2D eigenvalue weighted by atomic mass is 9.70. The molecular formula is C10H14BrNS. The van der Waals surface area contributed by atoms with Crippen molar-refractivity contribution in [3.05, 3.63) is 20.8 Å². The van der Waals surface area contributed by atoms with E-state index in [0.717, 1.165) is 17.9 Å². The van der Waals surface area contributed by atoms with E-state index in [0.29, 0.717) is 0 Å². The Morgan fingerprint density at radius 1 is 1.62 bits per heavy atom. The molecule has 72 valence electrons. The zero-order valence-electron chi connectivity index (χ0n) is 7.88. The van der Waals surface area contributed by atoms with Crippen LogP contribution in [0.2, 0.25) is 0 Å².